The molecule has 0 N–H and O–H groups in total. The standard InChI is InChI=1S/C17H23N3O2.3ClH.Ru/c1-10(2)14-8-21-16(19-14)12-6-5-7-13(18-12)17-20-15(9-22-17)11(3)4;;;;/h5-7,10-11,14-15H,8-9H2,1-4H3;3*1H;/q;;;;+3/p-3/t14-,15-;;;;/m1..../s1. The molecule has 0 unspecified atom stereocenters. The summed E-state index contributed by atoms with van der Waals surface area (Å²) < 4.78 is 11.4. The first kappa shape index (κ1) is 21.9. The van der Waals surface area contributed by atoms with Gasteiger partial charge in [0, 0.05) is 0 Å². The topological polar surface area (TPSA) is 56.1 Å². The fourth-order valence-corrected chi connectivity index (χ4v) is 2.42. The molecule has 1 aromatic rings. The third-order valence-electron chi connectivity index (χ3n) is 4.07. The van der Waals surface area contributed by atoms with Crippen LogP contribution in [0.2, 0.25) is 0 Å². The average Bonchev–Trinajstić information content (AvgIpc) is 3.24. The van der Waals surface area contributed by atoms with E-state index in [4.69, 9.17) is 38.5 Å². The third kappa shape index (κ3) is 6.33. The van der Waals surface area contributed by atoms with E-state index in [1.165, 1.54) is 0 Å². The quantitative estimate of drug-likeness (QED) is 0.552. The first-order valence-electron chi connectivity index (χ1n) is 8.33. The molecule has 147 valence electrons. The molecular weight excluding hydrogens is 486 g/mol. The van der Waals surface area contributed by atoms with Crippen molar-refractivity contribution in [3.05, 3.63) is 29.6 Å². The number of aromatic nitrogens is 1. The summed E-state index contributed by atoms with van der Waals surface area (Å²) in [6.45, 7) is 9.86. The van der Waals surface area contributed by atoms with Gasteiger partial charge in [-0.3, -0.25) is 0 Å². The maximum atomic E-state index is 5.70. The van der Waals surface area contributed by atoms with E-state index in [1.54, 1.807) is 0 Å². The van der Waals surface area contributed by atoms with Gasteiger partial charge in [0.2, 0.25) is 11.8 Å². The van der Waals surface area contributed by atoms with Crippen LogP contribution in [0.4, 0.5) is 0 Å². The Labute approximate surface area is 172 Å². The molecule has 2 aliphatic rings. The van der Waals surface area contributed by atoms with Gasteiger partial charge in [0.25, 0.3) is 0 Å². The molecule has 2 aliphatic heterocycles. The molecule has 0 amide bonds. The summed E-state index contributed by atoms with van der Waals surface area (Å²) in [7, 11) is 14.8. The van der Waals surface area contributed by atoms with E-state index in [9.17, 15) is 0 Å². The van der Waals surface area contributed by atoms with E-state index in [0.29, 0.717) is 36.8 Å². The first-order chi connectivity index (χ1) is 12.3. The van der Waals surface area contributed by atoms with Gasteiger partial charge in [0.05, 0.1) is 12.1 Å². The van der Waals surface area contributed by atoms with E-state index in [1.807, 2.05) is 18.2 Å². The summed E-state index contributed by atoms with van der Waals surface area (Å²) in [6, 6.07) is 6.21. The molecular formula is C17H23Cl3N3O2Ru. The molecule has 9 heteroatoms. The number of rotatable bonds is 4. The SMILES string of the molecule is CC(C)[C@H]1COC(c2cccc(C3=N[C@@H](C(C)C)CO3)n2)=N1.[Cl][Ru]([Cl])[Cl]. The Hall–Kier alpha value is -0.417. The Morgan fingerprint density at radius 2 is 1.27 bits per heavy atom. The van der Waals surface area contributed by atoms with Crippen molar-refractivity contribution >= 4 is 40.9 Å². The molecule has 5 nitrogen and oxygen atoms in total. The normalized spacial score (nSPS) is 22.3. The molecule has 0 saturated heterocycles. The van der Waals surface area contributed by atoms with E-state index in [0.717, 1.165) is 11.4 Å². The number of hydrogen-bond acceptors (Lipinski definition) is 5. The fraction of sp³-hybridized carbons (Fsp3) is 0.588. The van der Waals surface area contributed by atoms with Gasteiger partial charge in [-0.1, -0.05) is 33.8 Å². The minimum atomic E-state index is -1.75. The van der Waals surface area contributed by atoms with Crippen molar-refractivity contribution in [1.29, 1.82) is 0 Å². The zero-order valence-electron chi connectivity index (χ0n) is 15.1. The number of hydrogen-bond donors (Lipinski definition) is 0. The molecule has 0 saturated carbocycles. The molecule has 0 radical (unpaired) electrons. The molecule has 3 heterocycles. The zero-order chi connectivity index (χ0) is 19.3. The van der Waals surface area contributed by atoms with Gasteiger partial charge in [0.15, 0.2) is 0 Å². The van der Waals surface area contributed by atoms with E-state index in [2.05, 4.69) is 42.7 Å². The Kier molecular flexibility index (Phi) is 8.60. The summed E-state index contributed by atoms with van der Waals surface area (Å²) in [6.07, 6.45) is 0. The fourth-order valence-electron chi connectivity index (χ4n) is 2.42. The maximum absolute atomic E-state index is 5.70. The number of halogens is 3. The van der Waals surface area contributed by atoms with Crippen molar-refractivity contribution in [2.45, 2.75) is 39.8 Å². The second-order valence-electron chi connectivity index (χ2n) is 6.67. The van der Waals surface area contributed by atoms with E-state index >= 15 is 0 Å². The summed E-state index contributed by atoms with van der Waals surface area (Å²) in [4.78, 5) is 13.9. The molecule has 26 heavy (non-hydrogen) atoms. The van der Waals surface area contributed by atoms with Crippen molar-refractivity contribution in [2.75, 3.05) is 13.2 Å². The van der Waals surface area contributed by atoms with Crippen molar-refractivity contribution in [2.24, 2.45) is 21.8 Å². The van der Waals surface area contributed by atoms with Crippen molar-refractivity contribution < 1.29 is 22.5 Å². The Balaban J connectivity index is 0.000000552. The number of pyridine rings is 1. The van der Waals surface area contributed by atoms with Crippen LogP contribution >= 0.6 is 29.1 Å². The minimum absolute atomic E-state index is 0.214. The van der Waals surface area contributed by atoms with Gasteiger partial charge < -0.3 is 9.47 Å². The number of ether oxygens (including phenoxy) is 2. The molecule has 3 rings (SSSR count). The molecule has 0 bridgehead atoms. The van der Waals surface area contributed by atoms with Gasteiger partial charge >= 0.3 is 42.1 Å². The first-order valence-corrected chi connectivity index (χ1v) is 15.0. The Bertz CT molecular complexity index is 616. The van der Waals surface area contributed by atoms with Crippen LogP contribution in [0, 0.1) is 11.8 Å². The summed E-state index contributed by atoms with van der Waals surface area (Å²) in [5.74, 6) is 2.18. The summed E-state index contributed by atoms with van der Waals surface area (Å²) in [5, 5.41) is 0. The molecule has 1 aromatic heterocycles. The van der Waals surface area contributed by atoms with Gasteiger partial charge in [-0.15, -0.1) is 0 Å². The van der Waals surface area contributed by atoms with E-state index < -0.39 is 13.0 Å². The van der Waals surface area contributed by atoms with Crippen molar-refractivity contribution in [1.82, 2.24) is 4.98 Å². The van der Waals surface area contributed by atoms with Crippen LogP contribution in [0.5, 0.6) is 0 Å². The summed E-state index contributed by atoms with van der Waals surface area (Å²) >= 11 is -1.75. The van der Waals surface area contributed by atoms with Crippen LogP contribution < -0.4 is 0 Å². The van der Waals surface area contributed by atoms with Crippen LogP contribution in [-0.4, -0.2) is 42.1 Å². The van der Waals surface area contributed by atoms with Gasteiger partial charge in [-0.2, -0.15) is 0 Å². The molecule has 2 atom stereocenters. The summed E-state index contributed by atoms with van der Waals surface area (Å²) in [5.41, 5.74) is 1.50. The van der Waals surface area contributed by atoms with Crippen LogP contribution in [0.25, 0.3) is 0 Å². The molecule has 0 aromatic carbocycles. The van der Waals surface area contributed by atoms with Gasteiger partial charge in [-0.25, -0.2) is 15.0 Å². The predicted molar refractivity (Wildman–Crippen MR) is 104 cm³/mol. The van der Waals surface area contributed by atoms with Crippen molar-refractivity contribution in [3.8, 4) is 0 Å². The second-order valence-corrected chi connectivity index (χ2v) is 14.6. The van der Waals surface area contributed by atoms with Crippen LogP contribution in [0.1, 0.15) is 39.1 Å². The zero-order valence-corrected chi connectivity index (χ0v) is 19.1. The second kappa shape index (κ2) is 10.2. The van der Waals surface area contributed by atoms with Gasteiger partial charge in [0.1, 0.15) is 24.6 Å². The predicted octanol–water partition coefficient (Wildman–Crippen LogP) is 4.75. The van der Waals surface area contributed by atoms with Gasteiger partial charge in [-0.05, 0) is 24.0 Å². The van der Waals surface area contributed by atoms with Crippen LogP contribution in [-0.2, 0) is 22.5 Å². The van der Waals surface area contributed by atoms with Crippen LogP contribution in [0.3, 0.4) is 0 Å². The molecule has 0 aliphatic carbocycles. The Morgan fingerprint density at radius 1 is 0.885 bits per heavy atom. The Morgan fingerprint density at radius 3 is 1.58 bits per heavy atom. The molecule has 0 fully saturated rings. The average molecular weight is 509 g/mol. The molecule has 0 spiro atoms. The van der Waals surface area contributed by atoms with E-state index in [-0.39, 0.29) is 12.1 Å². The number of aliphatic imine (C=N–C) groups is 2. The van der Waals surface area contributed by atoms with Crippen molar-refractivity contribution in [3.63, 3.8) is 0 Å². The monoisotopic (exact) mass is 508 g/mol. The number of nitrogens with zero attached hydrogens (tertiary/aromatic N) is 3. The van der Waals surface area contributed by atoms with Crippen LogP contribution in [0.15, 0.2) is 28.2 Å². The third-order valence-corrected chi connectivity index (χ3v) is 4.07.